The molecule has 0 aliphatic rings. The first-order chi connectivity index (χ1) is 5.88. The lowest BCUT2D eigenvalue weighted by atomic mass is 10.2. The van der Waals surface area contributed by atoms with Crippen LogP contribution in [-0.2, 0) is 4.74 Å². The largest absolute Gasteiger partial charge is 0.492 e. The number of nitrogens with two attached hydrogens (primary N) is 1. The average Bonchev–Trinajstić information content (AvgIpc) is 2.15. The van der Waals surface area contributed by atoms with E-state index in [2.05, 4.69) is 0 Å². The Labute approximate surface area is 72.7 Å². The number of ether oxygens (including phenoxy) is 1. The molecule has 2 nitrogen and oxygen atoms in total. The third-order valence-corrected chi connectivity index (χ3v) is 1.51. The van der Waals surface area contributed by atoms with Gasteiger partial charge in [0.05, 0.1) is 6.61 Å². The minimum absolute atomic E-state index is 0.637. The van der Waals surface area contributed by atoms with Gasteiger partial charge in [0.2, 0.25) is 0 Å². The molecular weight excluding hydrogens is 150 g/mol. The molecule has 64 valence electrons. The van der Waals surface area contributed by atoms with E-state index in [4.69, 9.17) is 10.5 Å². The molecular formula is C10H13NO. The second kappa shape index (κ2) is 4.44. The van der Waals surface area contributed by atoms with Crippen LogP contribution in [0.1, 0.15) is 12.5 Å². The standard InChI is InChI=1S/C10H13NO/c1-2-12-10(8-11)9-6-4-3-5-7-9/h3-8H,2,11H2,1H3/b10-8-. The van der Waals surface area contributed by atoms with Crippen molar-refractivity contribution >= 4 is 5.76 Å². The number of hydrogen-bond acceptors (Lipinski definition) is 2. The first-order valence-electron chi connectivity index (χ1n) is 3.98. The minimum Gasteiger partial charge on any atom is -0.492 e. The third-order valence-electron chi connectivity index (χ3n) is 1.51. The third kappa shape index (κ3) is 2.02. The topological polar surface area (TPSA) is 35.2 Å². The van der Waals surface area contributed by atoms with Gasteiger partial charge in [0, 0.05) is 11.8 Å². The van der Waals surface area contributed by atoms with Gasteiger partial charge < -0.3 is 10.5 Å². The zero-order valence-electron chi connectivity index (χ0n) is 7.16. The molecule has 0 aromatic heterocycles. The summed E-state index contributed by atoms with van der Waals surface area (Å²) in [6, 6.07) is 9.81. The van der Waals surface area contributed by atoms with E-state index < -0.39 is 0 Å². The molecule has 0 aliphatic heterocycles. The maximum atomic E-state index is 5.40. The van der Waals surface area contributed by atoms with Crippen LogP contribution in [0.15, 0.2) is 36.5 Å². The quantitative estimate of drug-likeness (QED) is 0.691. The van der Waals surface area contributed by atoms with Gasteiger partial charge in [0.1, 0.15) is 5.76 Å². The van der Waals surface area contributed by atoms with E-state index in [0.717, 1.165) is 11.3 Å². The van der Waals surface area contributed by atoms with E-state index in [0.29, 0.717) is 6.61 Å². The van der Waals surface area contributed by atoms with Crippen LogP contribution < -0.4 is 5.73 Å². The molecule has 2 N–H and O–H groups in total. The average molecular weight is 163 g/mol. The SMILES string of the molecule is CCO/C(=C\N)c1ccccc1. The van der Waals surface area contributed by atoms with Crippen LogP contribution in [0.3, 0.4) is 0 Å². The number of rotatable bonds is 3. The molecule has 0 saturated carbocycles. The normalized spacial score (nSPS) is 11.2. The van der Waals surface area contributed by atoms with Crippen molar-refractivity contribution in [1.82, 2.24) is 0 Å². The van der Waals surface area contributed by atoms with Crippen molar-refractivity contribution in [2.75, 3.05) is 6.61 Å². The van der Waals surface area contributed by atoms with Crippen molar-refractivity contribution in [3.05, 3.63) is 42.1 Å². The molecule has 1 aromatic rings. The predicted octanol–water partition coefficient (Wildman–Crippen LogP) is 1.98. The van der Waals surface area contributed by atoms with Crippen molar-refractivity contribution < 1.29 is 4.74 Å². The summed E-state index contributed by atoms with van der Waals surface area (Å²) in [5.41, 5.74) is 6.42. The van der Waals surface area contributed by atoms with E-state index in [1.807, 2.05) is 37.3 Å². The van der Waals surface area contributed by atoms with E-state index in [-0.39, 0.29) is 0 Å². The Bertz CT molecular complexity index is 254. The van der Waals surface area contributed by atoms with Crippen LogP contribution in [0.2, 0.25) is 0 Å². The Balaban J connectivity index is 2.82. The van der Waals surface area contributed by atoms with Gasteiger partial charge in [-0.3, -0.25) is 0 Å². The van der Waals surface area contributed by atoms with Crippen LogP contribution >= 0.6 is 0 Å². The van der Waals surface area contributed by atoms with Gasteiger partial charge in [0.15, 0.2) is 0 Å². The minimum atomic E-state index is 0.637. The van der Waals surface area contributed by atoms with Crippen LogP contribution in [-0.4, -0.2) is 6.61 Å². The molecule has 12 heavy (non-hydrogen) atoms. The van der Waals surface area contributed by atoms with Crippen LogP contribution in [0, 0.1) is 0 Å². The highest BCUT2D eigenvalue weighted by Gasteiger charge is 1.98. The fraction of sp³-hybridized carbons (Fsp3) is 0.200. The van der Waals surface area contributed by atoms with E-state index in [1.165, 1.54) is 6.20 Å². The van der Waals surface area contributed by atoms with E-state index >= 15 is 0 Å². The maximum Gasteiger partial charge on any atom is 0.141 e. The highest BCUT2D eigenvalue weighted by molar-refractivity contribution is 5.58. The Morgan fingerprint density at radius 2 is 2.08 bits per heavy atom. The van der Waals surface area contributed by atoms with Gasteiger partial charge in [-0.25, -0.2) is 0 Å². The number of hydrogen-bond donors (Lipinski definition) is 1. The Kier molecular flexibility index (Phi) is 3.20. The molecule has 0 amide bonds. The summed E-state index contributed by atoms with van der Waals surface area (Å²) in [4.78, 5) is 0. The van der Waals surface area contributed by atoms with Gasteiger partial charge >= 0.3 is 0 Å². The molecule has 1 aromatic carbocycles. The molecule has 0 bridgehead atoms. The monoisotopic (exact) mass is 163 g/mol. The van der Waals surface area contributed by atoms with Crippen molar-refractivity contribution in [3.8, 4) is 0 Å². The lowest BCUT2D eigenvalue weighted by Crippen LogP contribution is -1.94. The van der Waals surface area contributed by atoms with Gasteiger partial charge in [-0.05, 0) is 6.92 Å². The molecule has 0 spiro atoms. The fourth-order valence-electron chi connectivity index (χ4n) is 0.986. The second-order valence-electron chi connectivity index (χ2n) is 2.33. The molecule has 0 fully saturated rings. The molecule has 0 aliphatic carbocycles. The summed E-state index contributed by atoms with van der Waals surface area (Å²) in [6.45, 7) is 2.57. The smallest absolute Gasteiger partial charge is 0.141 e. The van der Waals surface area contributed by atoms with Gasteiger partial charge in [-0.2, -0.15) is 0 Å². The van der Waals surface area contributed by atoms with E-state index in [1.54, 1.807) is 0 Å². The van der Waals surface area contributed by atoms with Crippen LogP contribution in [0.5, 0.6) is 0 Å². The second-order valence-corrected chi connectivity index (χ2v) is 2.33. The predicted molar refractivity (Wildman–Crippen MR) is 50.2 cm³/mol. The number of benzene rings is 1. The maximum absolute atomic E-state index is 5.40. The van der Waals surface area contributed by atoms with Gasteiger partial charge in [0.25, 0.3) is 0 Å². The first-order valence-corrected chi connectivity index (χ1v) is 3.98. The van der Waals surface area contributed by atoms with Gasteiger partial charge in [-0.15, -0.1) is 0 Å². The Morgan fingerprint density at radius 1 is 1.42 bits per heavy atom. The lowest BCUT2D eigenvalue weighted by molar-refractivity contribution is 0.297. The van der Waals surface area contributed by atoms with Crippen LogP contribution in [0.4, 0.5) is 0 Å². The van der Waals surface area contributed by atoms with Crippen molar-refractivity contribution in [2.24, 2.45) is 5.73 Å². The highest BCUT2D eigenvalue weighted by atomic mass is 16.5. The molecule has 1 rings (SSSR count). The Morgan fingerprint density at radius 3 is 2.58 bits per heavy atom. The van der Waals surface area contributed by atoms with Gasteiger partial charge in [-0.1, -0.05) is 30.3 Å². The highest BCUT2D eigenvalue weighted by Crippen LogP contribution is 2.13. The molecule has 0 radical (unpaired) electrons. The van der Waals surface area contributed by atoms with Crippen molar-refractivity contribution in [3.63, 3.8) is 0 Å². The summed E-state index contributed by atoms with van der Waals surface area (Å²) in [5, 5.41) is 0. The van der Waals surface area contributed by atoms with Crippen LogP contribution in [0.25, 0.3) is 5.76 Å². The fourth-order valence-corrected chi connectivity index (χ4v) is 0.986. The zero-order valence-corrected chi connectivity index (χ0v) is 7.16. The summed E-state index contributed by atoms with van der Waals surface area (Å²) in [7, 11) is 0. The zero-order chi connectivity index (χ0) is 8.81. The summed E-state index contributed by atoms with van der Waals surface area (Å²) < 4.78 is 5.31. The molecule has 0 heterocycles. The van der Waals surface area contributed by atoms with E-state index in [9.17, 15) is 0 Å². The summed E-state index contributed by atoms with van der Waals surface area (Å²) >= 11 is 0. The molecule has 2 heteroatoms. The lowest BCUT2D eigenvalue weighted by Gasteiger charge is -2.06. The molecule has 0 saturated heterocycles. The Hall–Kier alpha value is -1.44. The first kappa shape index (κ1) is 8.65. The van der Waals surface area contributed by atoms with Crippen molar-refractivity contribution in [1.29, 1.82) is 0 Å². The summed E-state index contributed by atoms with van der Waals surface area (Å²) in [6.07, 6.45) is 1.48. The molecule has 0 atom stereocenters. The summed E-state index contributed by atoms with van der Waals surface area (Å²) in [5.74, 6) is 0.734. The van der Waals surface area contributed by atoms with Crippen molar-refractivity contribution in [2.45, 2.75) is 6.92 Å². The molecule has 0 unspecified atom stereocenters.